The van der Waals surface area contributed by atoms with E-state index >= 15 is 0 Å². The molecule has 1 aliphatic heterocycles. The maximum atomic E-state index is 5.66. The van der Waals surface area contributed by atoms with Gasteiger partial charge in [0.1, 0.15) is 0 Å². The molecule has 1 aliphatic rings. The molecule has 1 atom stereocenters. The first-order valence-corrected chi connectivity index (χ1v) is 6.94. The summed E-state index contributed by atoms with van der Waals surface area (Å²) in [4.78, 5) is 3.24. The molecule has 0 aliphatic carbocycles. The average molecular weight is 242 g/mol. The minimum absolute atomic E-state index is 0.567. The molecule has 1 heterocycles. The van der Waals surface area contributed by atoms with Crippen LogP contribution in [0.3, 0.4) is 0 Å². The molecule has 2 N–H and O–H groups in total. The van der Waals surface area contributed by atoms with E-state index in [1.807, 2.05) is 0 Å². The molecule has 2 nitrogen and oxygen atoms in total. The zero-order valence-corrected chi connectivity index (χ0v) is 11.8. The molecule has 0 aromatic rings. The van der Waals surface area contributed by atoms with Crippen molar-refractivity contribution in [3.05, 3.63) is 0 Å². The second-order valence-electron chi connectivity index (χ2n) is 5.43. The summed E-state index contributed by atoms with van der Waals surface area (Å²) in [6.45, 7) is 9.38. The van der Waals surface area contributed by atoms with Crippen LogP contribution >= 0.6 is 12.2 Å². The van der Waals surface area contributed by atoms with Crippen LogP contribution in [0.25, 0.3) is 0 Å². The Morgan fingerprint density at radius 2 is 1.94 bits per heavy atom. The van der Waals surface area contributed by atoms with Crippen molar-refractivity contribution in [2.45, 2.75) is 58.9 Å². The van der Waals surface area contributed by atoms with E-state index in [0.29, 0.717) is 16.4 Å². The SMILES string of the molecule is CCC(CC(N)=S)N1CCC(C)(CC)CC1. The Hall–Kier alpha value is -0.150. The standard InChI is InChI=1S/C13H26N2S/c1-4-11(10-12(14)16)15-8-6-13(3,5-2)7-9-15/h11H,4-10H2,1-3H3,(H2,14,16). The van der Waals surface area contributed by atoms with Gasteiger partial charge in [-0.1, -0.05) is 39.4 Å². The lowest BCUT2D eigenvalue weighted by Gasteiger charge is -2.42. The number of nitrogens with zero attached hydrogens (tertiary/aromatic N) is 1. The fourth-order valence-corrected chi connectivity index (χ4v) is 2.74. The molecule has 0 radical (unpaired) electrons. The molecule has 0 amide bonds. The molecule has 1 fully saturated rings. The molecule has 1 rings (SSSR count). The minimum atomic E-state index is 0.567. The Morgan fingerprint density at radius 3 is 2.31 bits per heavy atom. The summed E-state index contributed by atoms with van der Waals surface area (Å²) in [6, 6.07) is 0.568. The Kier molecular flexibility index (Phi) is 5.19. The highest BCUT2D eigenvalue weighted by atomic mass is 32.1. The van der Waals surface area contributed by atoms with Crippen LogP contribution in [0.5, 0.6) is 0 Å². The topological polar surface area (TPSA) is 29.3 Å². The number of piperidine rings is 1. The van der Waals surface area contributed by atoms with Crippen molar-refractivity contribution in [2.24, 2.45) is 11.1 Å². The highest BCUT2D eigenvalue weighted by Crippen LogP contribution is 2.35. The van der Waals surface area contributed by atoms with Gasteiger partial charge < -0.3 is 5.73 Å². The smallest absolute Gasteiger partial charge is 0.0743 e. The third kappa shape index (κ3) is 3.70. The van der Waals surface area contributed by atoms with Crippen LogP contribution in [0, 0.1) is 5.41 Å². The van der Waals surface area contributed by atoms with Crippen LogP contribution in [-0.2, 0) is 0 Å². The summed E-state index contributed by atoms with van der Waals surface area (Å²) in [7, 11) is 0. The average Bonchev–Trinajstić information content (AvgIpc) is 2.27. The van der Waals surface area contributed by atoms with Gasteiger partial charge in [0, 0.05) is 12.5 Å². The fourth-order valence-electron chi connectivity index (χ4n) is 2.55. The zero-order chi connectivity index (χ0) is 12.2. The van der Waals surface area contributed by atoms with Gasteiger partial charge in [-0.15, -0.1) is 0 Å². The van der Waals surface area contributed by atoms with Gasteiger partial charge in [0.05, 0.1) is 4.99 Å². The summed E-state index contributed by atoms with van der Waals surface area (Å²) in [5, 5.41) is 0. The van der Waals surface area contributed by atoms with Gasteiger partial charge in [0.2, 0.25) is 0 Å². The van der Waals surface area contributed by atoms with Crippen LogP contribution in [0.2, 0.25) is 0 Å². The molecule has 0 bridgehead atoms. The lowest BCUT2D eigenvalue weighted by atomic mass is 9.78. The maximum Gasteiger partial charge on any atom is 0.0743 e. The number of thiocarbonyl (C=S) groups is 1. The molecule has 0 aromatic heterocycles. The Morgan fingerprint density at radius 1 is 1.38 bits per heavy atom. The van der Waals surface area contributed by atoms with Crippen LogP contribution in [0.15, 0.2) is 0 Å². The van der Waals surface area contributed by atoms with Crippen molar-refractivity contribution in [1.82, 2.24) is 4.90 Å². The van der Waals surface area contributed by atoms with Gasteiger partial charge in [-0.05, 0) is 37.8 Å². The lowest BCUT2D eigenvalue weighted by molar-refractivity contribution is 0.0813. The highest BCUT2D eigenvalue weighted by molar-refractivity contribution is 7.80. The zero-order valence-electron chi connectivity index (χ0n) is 11.0. The van der Waals surface area contributed by atoms with Crippen LogP contribution in [0.1, 0.15) is 52.9 Å². The molecule has 1 unspecified atom stereocenters. The first-order chi connectivity index (χ1) is 7.50. The first kappa shape index (κ1) is 13.9. The van der Waals surface area contributed by atoms with Crippen molar-refractivity contribution in [1.29, 1.82) is 0 Å². The third-order valence-electron chi connectivity index (χ3n) is 4.28. The number of rotatable bonds is 5. The molecule has 16 heavy (non-hydrogen) atoms. The predicted molar refractivity (Wildman–Crippen MR) is 74.7 cm³/mol. The van der Waals surface area contributed by atoms with E-state index < -0.39 is 0 Å². The van der Waals surface area contributed by atoms with Crippen LogP contribution in [-0.4, -0.2) is 29.0 Å². The van der Waals surface area contributed by atoms with Crippen molar-refractivity contribution >= 4 is 17.2 Å². The van der Waals surface area contributed by atoms with Crippen LogP contribution < -0.4 is 5.73 Å². The Labute approximate surface area is 106 Å². The molecule has 0 saturated carbocycles. The summed E-state index contributed by atoms with van der Waals surface area (Å²) in [6.07, 6.45) is 5.97. The summed E-state index contributed by atoms with van der Waals surface area (Å²) < 4.78 is 0. The van der Waals surface area contributed by atoms with E-state index in [9.17, 15) is 0 Å². The molecule has 0 spiro atoms. The normalized spacial score (nSPS) is 22.9. The van der Waals surface area contributed by atoms with E-state index in [4.69, 9.17) is 18.0 Å². The Bertz CT molecular complexity index is 232. The van der Waals surface area contributed by atoms with Crippen LogP contribution in [0.4, 0.5) is 0 Å². The van der Waals surface area contributed by atoms with Crippen molar-refractivity contribution in [2.75, 3.05) is 13.1 Å². The second kappa shape index (κ2) is 5.97. The minimum Gasteiger partial charge on any atom is -0.393 e. The highest BCUT2D eigenvalue weighted by Gasteiger charge is 2.30. The monoisotopic (exact) mass is 242 g/mol. The number of likely N-dealkylation sites (tertiary alicyclic amines) is 1. The quantitative estimate of drug-likeness (QED) is 0.752. The molecular formula is C13H26N2S. The van der Waals surface area contributed by atoms with Crippen molar-refractivity contribution < 1.29 is 0 Å². The first-order valence-electron chi connectivity index (χ1n) is 6.53. The molecule has 1 saturated heterocycles. The van der Waals surface area contributed by atoms with Gasteiger partial charge >= 0.3 is 0 Å². The summed E-state index contributed by atoms with van der Waals surface area (Å²) >= 11 is 5.03. The molecule has 94 valence electrons. The molecular weight excluding hydrogens is 216 g/mol. The van der Waals surface area contributed by atoms with E-state index in [1.165, 1.54) is 32.4 Å². The second-order valence-corrected chi connectivity index (χ2v) is 5.96. The largest absolute Gasteiger partial charge is 0.393 e. The van der Waals surface area contributed by atoms with E-state index in [1.54, 1.807) is 0 Å². The van der Waals surface area contributed by atoms with E-state index in [-0.39, 0.29) is 0 Å². The fraction of sp³-hybridized carbons (Fsp3) is 0.923. The third-order valence-corrected chi connectivity index (χ3v) is 4.45. The number of nitrogens with two attached hydrogens (primary N) is 1. The van der Waals surface area contributed by atoms with Gasteiger partial charge in [0.25, 0.3) is 0 Å². The maximum absolute atomic E-state index is 5.66. The summed E-state index contributed by atoms with van der Waals surface area (Å²) in [5.41, 5.74) is 6.23. The van der Waals surface area contributed by atoms with Crippen molar-refractivity contribution in [3.8, 4) is 0 Å². The summed E-state index contributed by atoms with van der Waals surface area (Å²) in [5.74, 6) is 0. The van der Waals surface area contributed by atoms with E-state index in [2.05, 4.69) is 25.7 Å². The Balaban J connectivity index is 2.48. The van der Waals surface area contributed by atoms with Gasteiger partial charge in [0.15, 0.2) is 0 Å². The molecule has 0 aromatic carbocycles. The van der Waals surface area contributed by atoms with E-state index in [0.717, 1.165) is 12.8 Å². The number of hydrogen-bond acceptors (Lipinski definition) is 2. The number of hydrogen-bond donors (Lipinski definition) is 1. The lowest BCUT2D eigenvalue weighted by Crippen LogP contribution is -2.45. The molecule has 3 heteroatoms. The van der Waals surface area contributed by atoms with Gasteiger partial charge in [-0.2, -0.15) is 0 Å². The van der Waals surface area contributed by atoms with Gasteiger partial charge in [-0.25, -0.2) is 0 Å². The van der Waals surface area contributed by atoms with Gasteiger partial charge in [-0.3, -0.25) is 4.90 Å². The predicted octanol–water partition coefficient (Wildman–Crippen LogP) is 2.95. The van der Waals surface area contributed by atoms with Crippen molar-refractivity contribution in [3.63, 3.8) is 0 Å².